The Morgan fingerprint density at radius 1 is 1.10 bits per heavy atom. The van der Waals surface area contributed by atoms with Crippen LogP contribution in [-0.2, 0) is 11.2 Å². The molecule has 1 aliphatic rings. The van der Waals surface area contributed by atoms with E-state index in [2.05, 4.69) is 5.32 Å². The van der Waals surface area contributed by atoms with Crippen molar-refractivity contribution in [2.45, 2.75) is 63.8 Å². The van der Waals surface area contributed by atoms with E-state index < -0.39 is 0 Å². The van der Waals surface area contributed by atoms with Crippen LogP contribution in [0, 0.1) is 0 Å². The van der Waals surface area contributed by atoms with Crippen LogP contribution in [-0.4, -0.2) is 11.9 Å². The lowest BCUT2D eigenvalue weighted by atomic mass is 9.96. The number of benzene rings is 1. The first-order valence-electron chi connectivity index (χ1n) is 7.88. The molecule has 2 nitrogen and oxygen atoms in total. The van der Waals surface area contributed by atoms with Crippen LogP contribution < -0.4 is 5.32 Å². The van der Waals surface area contributed by atoms with E-state index in [1.54, 1.807) is 6.07 Å². The Bertz CT molecular complexity index is 468. The van der Waals surface area contributed by atoms with Gasteiger partial charge in [-0.05, 0) is 37.0 Å². The largest absolute Gasteiger partial charge is 0.353 e. The van der Waals surface area contributed by atoms with Crippen LogP contribution in [0.15, 0.2) is 18.2 Å². The second-order valence-corrected chi connectivity index (χ2v) is 6.69. The van der Waals surface area contributed by atoms with Gasteiger partial charge in [0.1, 0.15) is 0 Å². The maximum absolute atomic E-state index is 12.1. The van der Waals surface area contributed by atoms with Gasteiger partial charge in [0.15, 0.2) is 0 Å². The van der Waals surface area contributed by atoms with Crippen molar-refractivity contribution >= 4 is 29.1 Å². The molecule has 4 heteroatoms. The molecule has 0 heterocycles. The second-order valence-electron chi connectivity index (χ2n) is 5.85. The van der Waals surface area contributed by atoms with Gasteiger partial charge in [-0.15, -0.1) is 0 Å². The quantitative estimate of drug-likeness (QED) is 0.813. The number of aryl methyl sites for hydroxylation is 1. The smallest absolute Gasteiger partial charge is 0.220 e. The van der Waals surface area contributed by atoms with E-state index in [9.17, 15) is 4.79 Å². The van der Waals surface area contributed by atoms with E-state index >= 15 is 0 Å². The molecule has 0 aliphatic heterocycles. The van der Waals surface area contributed by atoms with Gasteiger partial charge >= 0.3 is 0 Å². The van der Waals surface area contributed by atoms with E-state index in [4.69, 9.17) is 23.2 Å². The lowest BCUT2D eigenvalue weighted by molar-refractivity contribution is -0.121. The van der Waals surface area contributed by atoms with Crippen LogP contribution in [0.2, 0.25) is 10.0 Å². The average molecular weight is 328 g/mol. The average Bonchev–Trinajstić information content (AvgIpc) is 2.41. The van der Waals surface area contributed by atoms with Gasteiger partial charge in [0.2, 0.25) is 5.91 Å². The summed E-state index contributed by atoms with van der Waals surface area (Å²) in [6.07, 6.45) is 9.78. The predicted molar refractivity (Wildman–Crippen MR) is 89.0 cm³/mol. The Hall–Kier alpha value is -0.730. The Morgan fingerprint density at radius 3 is 2.43 bits per heavy atom. The topological polar surface area (TPSA) is 29.1 Å². The lowest BCUT2D eigenvalue weighted by Crippen LogP contribution is -2.35. The first-order valence-corrected chi connectivity index (χ1v) is 8.64. The van der Waals surface area contributed by atoms with Gasteiger partial charge in [0, 0.05) is 22.5 Å². The molecule has 21 heavy (non-hydrogen) atoms. The van der Waals surface area contributed by atoms with Crippen molar-refractivity contribution < 1.29 is 4.79 Å². The summed E-state index contributed by atoms with van der Waals surface area (Å²) < 4.78 is 0. The van der Waals surface area contributed by atoms with Gasteiger partial charge in [0.25, 0.3) is 0 Å². The molecule has 1 amide bonds. The molecule has 0 unspecified atom stereocenters. The Labute approximate surface area is 137 Å². The molecule has 2 rings (SSSR count). The van der Waals surface area contributed by atoms with Crippen LogP contribution in [0.3, 0.4) is 0 Å². The van der Waals surface area contributed by atoms with E-state index in [0.29, 0.717) is 28.9 Å². The predicted octanol–water partition coefficient (Wildman–Crippen LogP) is 5.16. The third kappa shape index (κ3) is 5.88. The molecule has 0 bridgehead atoms. The van der Waals surface area contributed by atoms with Crippen LogP contribution in [0.1, 0.15) is 56.9 Å². The second kappa shape index (κ2) is 8.65. The van der Waals surface area contributed by atoms with Crippen molar-refractivity contribution in [3.8, 4) is 0 Å². The summed E-state index contributed by atoms with van der Waals surface area (Å²) in [4.78, 5) is 12.1. The van der Waals surface area contributed by atoms with Crippen molar-refractivity contribution in [2.75, 3.05) is 0 Å². The molecule has 116 valence electrons. The molecule has 0 aromatic heterocycles. The third-order valence-electron chi connectivity index (χ3n) is 4.11. The molecule has 0 radical (unpaired) electrons. The number of hydrogen-bond acceptors (Lipinski definition) is 1. The van der Waals surface area contributed by atoms with Crippen LogP contribution in [0.5, 0.6) is 0 Å². The molecule has 1 fully saturated rings. The molecular formula is C17H23Cl2NO. The summed E-state index contributed by atoms with van der Waals surface area (Å²) in [6, 6.07) is 5.80. The standard InChI is InChI=1S/C17H23Cl2NO/c18-14-10-8-13(16(19)12-14)9-11-17(21)20-15-6-4-2-1-3-5-7-15/h8,10,12,15H,1-7,9,11H2,(H,20,21). The van der Waals surface area contributed by atoms with E-state index in [0.717, 1.165) is 18.4 Å². The highest BCUT2D eigenvalue weighted by Gasteiger charge is 2.14. The molecule has 1 aliphatic carbocycles. The van der Waals surface area contributed by atoms with Gasteiger partial charge in [0.05, 0.1) is 0 Å². The first-order chi connectivity index (χ1) is 10.1. The molecule has 0 atom stereocenters. The number of carbonyl (C=O) groups is 1. The minimum Gasteiger partial charge on any atom is -0.353 e. The Morgan fingerprint density at radius 2 is 1.76 bits per heavy atom. The summed E-state index contributed by atoms with van der Waals surface area (Å²) in [5.41, 5.74) is 0.980. The summed E-state index contributed by atoms with van der Waals surface area (Å²) in [5, 5.41) is 4.45. The monoisotopic (exact) mass is 327 g/mol. The van der Waals surface area contributed by atoms with Gasteiger partial charge in [-0.3, -0.25) is 4.79 Å². The van der Waals surface area contributed by atoms with Crippen molar-refractivity contribution in [3.63, 3.8) is 0 Å². The number of nitrogens with one attached hydrogen (secondary N) is 1. The van der Waals surface area contributed by atoms with Gasteiger partial charge in [-0.25, -0.2) is 0 Å². The van der Waals surface area contributed by atoms with Gasteiger partial charge in [-0.2, -0.15) is 0 Å². The maximum Gasteiger partial charge on any atom is 0.220 e. The highest BCUT2D eigenvalue weighted by molar-refractivity contribution is 6.35. The minimum absolute atomic E-state index is 0.131. The summed E-state index contributed by atoms with van der Waals surface area (Å²) >= 11 is 12.0. The molecule has 0 spiro atoms. The molecule has 1 aromatic rings. The summed E-state index contributed by atoms with van der Waals surface area (Å²) in [6.45, 7) is 0. The molecule has 1 N–H and O–H groups in total. The lowest BCUT2D eigenvalue weighted by Gasteiger charge is -2.21. The highest BCUT2D eigenvalue weighted by Crippen LogP contribution is 2.22. The van der Waals surface area contributed by atoms with E-state index in [1.165, 1.54) is 32.1 Å². The number of carbonyl (C=O) groups excluding carboxylic acids is 1. The maximum atomic E-state index is 12.1. The van der Waals surface area contributed by atoms with Crippen molar-refractivity contribution in [2.24, 2.45) is 0 Å². The Balaban J connectivity index is 1.78. The van der Waals surface area contributed by atoms with Crippen molar-refractivity contribution in [3.05, 3.63) is 33.8 Å². The summed E-state index contributed by atoms with van der Waals surface area (Å²) in [5.74, 6) is 0.131. The molecule has 1 aromatic carbocycles. The zero-order chi connectivity index (χ0) is 15.1. The number of amides is 1. The minimum atomic E-state index is 0.131. The zero-order valence-corrected chi connectivity index (χ0v) is 13.8. The number of hydrogen-bond donors (Lipinski definition) is 1. The fourth-order valence-corrected chi connectivity index (χ4v) is 3.38. The van der Waals surface area contributed by atoms with Gasteiger partial charge < -0.3 is 5.32 Å². The molecular weight excluding hydrogens is 305 g/mol. The third-order valence-corrected chi connectivity index (χ3v) is 4.69. The Kier molecular flexibility index (Phi) is 6.85. The van der Waals surface area contributed by atoms with Crippen LogP contribution in [0.4, 0.5) is 0 Å². The highest BCUT2D eigenvalue weighted by atomic mass is 35.5. The SMILES string of the molecule is O=C(CCc1ccc(Cl)cc1Cl)NC1CCCCCCC1. The molecule has 1 saturated carbocycles. The fourth-order valence-electron chi connectivity index (χ4n) is 2.87. The first kappa shape index (κ1) is 16.6. The molecule has 0 saturated heterocycles. The number of halogens is 2. The zero-order valence-electron chi connectivity index (χ0n) is 12.3. The van der Waals surface area contributed by atoms with Crippen LogP contribution in [0.25, 0.3) is 0 Å². The van der Waals surface area contributed by atoms with E-state index in [1.807, 2.05) is 12.1 Å². The van der Waals surface area contributed by atoms with Crippen LogP contribution >= 0.6 is 23.2 Å². The normalized spacial score (nSPS) is 17.0. The fraction of sp³-hybridized carbons (Fsp3) is 0.588. The summed E-state index contributed by atoms with van der Waals surface area (Å²) in [7, 11) is 0. The number of rotatable bonds is 4. The van der Waals surface area contributed by atoms with E-state index in [-0.39, 0.29) is 5.91 Å². The van der Waals surface area contributed by atoms with Gasteiger partial charge in [-0.1, -0.05) is 61.4 Å². The van der Waals surface area contributed by atoms with Crippen molar-refractivity contribution in [1.82, 2.24) is 5.32 Å². The van der Waals surface area contributed by atoms with Crippen molar-refractivity contribution in [1.29, 1.82) is 0 Å².